The van der Waals surface area contributed by atoms with Crippen LogP contribution in [0.5, 0.6) is 17.5 Å². The Morgan fingerprint density at radius 2 is 1.25 bits per heavy atom. The monoisotopic (exact) mass is 790 g/mol. The number of nitrogens with zero attached hydrogens (tertiary/aromatic N) is 4. The minimum atomic E-state index is -5.78. The Kier molecular flexibility index (Phi) is 11.3. The molecule has 6 heterocycles. The fourth-order valence-corrected chi connectivity index (χ4v) is 6.97. The fraction of sp³-hybridized carbons (Fsp3) is 0.444. The topological polar surface area (TPSA) is 169 Å². The molecule has 2 fully saturated rings. The first-order chi connectivity index (χ1) is 26.3. The molecule has 4 aliphatic rings. The van der Waals surface area contributed by atoms with Crippen molar-refractivity contribution < 1.29 is 54.2 Å². The van der Waals surface area contributed by atoms with Crippen LogP contribution in [0.2, 0.25) is 0 Å². The minimum absolute atomic E-state index is 0.0678. The quantitative estimate of drug-likeness (QED) is 0.189. The van der Waals surface area contributed by atoms with Crippen molar-refractivity contribution in [1.82, 2.24) is 19.1 Å². The minimum Gasteiger partial charge on any atom is -0.475 e. The zero-order valence-corrected chi connectivity index (χ0v) is 30.4. The standard InChI is InChI=1S/C18H17F3N2O7S.C18H20N2O4/c19-18(20,21)31(25,26)30-12-1-2-14-11(7-12)3-4-23-15(14)8-16(22-17(23)24)29-10-13-9-27-5-6-28-13;1-12-2-3-15-13(8-12)4-5-20-16(15)9-17(19-18(20)21)24-11-14-10-22-6-7-23-14/h1-2,7-8,13H,3-6,9-10H2;2-3,8-9,14H,4-7,10-11H2,1H3. The molecular weight excluding hydrogens is 753 g/mol. The van der Waals surface area contributed by atoms with Crippen molar-refractivity contribution in [3.05, 3.63) is 86.2 Å². The first kappa shape index (κ1) is 38.5. The van der Waals surface area contributed by atoms with Crippen molar-refractivity contribution in [2.75, 3.05) is 52.9 Å². The lowest BCUT2D eigenvalue weighted by Gasteiger charge is -2.24. The average Bonchev–Trinajstić information content (AvgIpc) is 3.16. The highest BCUT2D eigenvalue weighted by Crippen LogP contribution is 2.35. The summed E-state index contributed by atoms with van der Waals surface area (Å²) in [5.74, 6) is -0.0565. The van der Waals surface area contributed by atoms with Crippen molar-refractivity contribution >= 4 is 10.1 Å². The molecule has 0 spiro atoms. The van der Waals surface area contributed by atoms with E-state index >= 15 is 0 Å². The zero-order chi connectivity index (χ0) is 38.7. The molecule has 0 saturated carbocycles. The number of aryl methyl sites for hydroxylation is 3. The highest BCUT2D eigenvalue weighted by atomic mass is 32.2. The number of halogens is 3. The maximum Gasteiger partial charge on any atom is 0.534 e. The van der Waals surface area contributed by atoms with Crippen molar-refractivity contribution in [1.29, 1.82) is 0 Å². The van der Waals surface area contributed by atoms with Gasteiger partial charge >= 0.3 is 27.0 Å². The Hall–Kier alpha value is -4.82. The maximum atomic E-state index is 12.6. The summed E-state index contributed by atoms with van der Waals surface area (Å²) in [5.41, 5.74) is -0.412. The summed E-state index contributed by atoms with van der Waals surface area (Å²) >= 11 is 0. The molecule has 294 valence electrons. The molecule has 2 saturated heterocycles. The zero-order valence-electron chi connectivity index (χ0n) is 29.6. The number of hydrogen-bond donors (Lipinski definition) is 0. The maximum absolute atomic E-state index is 12.6. The van der Waals surface area contributed by atoms with E-state index in [9.17, 15) is 31.2 Å². The number of ether oxygens (including phenoxy) is 6. The molecule has 0 aliphatic carbocycles. The number of alkyl halides is 3. The first-order valence-electron chi connectivity index (χ1n) is 17.5. The fourth-order valence-electron chi connectivity index (χ4n) is 6.51. The summed E-state index contributed by atoms with van der Waals surface area (Å²) in [7, 11) is -5.78. The highest BCUT2D eigenvalue weighted by molar-refractivity contribution is 7.88. The summed E-state index contributed by atoms with van der Waals surface area (Å²) in [6.07, 6.45) is 0.714. The van der Waals surface area contributed by atoms with Gasteiger partial charge in [0.05, 0.1) is 51.0 Å². The van der Waals surface area contributed by atoms with Gasteiger partial charge in [-0.15, -0.1) is 0 Å². The lowest BCUT2D eigenvalue weighted by Crippen LogP contribution is -2.34. The van der Waals surface area contributed by atoms with E-state index in [1.807, 2.05) is 6.07 Å². The molecule has 15 nitrogen and oxygen atoms in total. The average molecular weight is 791 g/mol. The van der Waals surface area contributed by atoms with Crippen LogP contribution in [0.25, 0.3) is 22.5 Å². The van der Waals surface area contributed by atoms with E-state index in [-0.39, 0.29) is 43.4 Å². The predicted molar refractivity (Wildman–Crippen MR) is 188 cm³/mol. The van der Waals surface area contributed by atoms with E-state index in [2.05, 4.69) is 39.3 Å². The van der Waals surface area contributed by atoms with Crippen molar-refractivity contribution in [2.45, 2.75) is 50.6 Å². The summed E-state index contributed by atoms with van der Waals surface area (Å²) in [5, 5.41) is 0. The van der Waals surface area contributed by atoms with E-state index in [1.165, 1.54) is 33.9 Å². The summed E-state index contributed by atoms with van der Waals surface area (Å²) in [4.78, 5) is 32.7. The van der Waals surface area contributed by atoms with Crippen LogP contribution in [-0.4, -0.2) is 98.1 Å². The molecule has 2 unspecified atom stereocenters. The summed E-state index contributed by atoms with van der Waals surface area (Å²) in [6, 6.07) is 13.4. The Balaban J connectivity index is 0.000000174. The second kappa shape index (κ2) is 16.1. The molecule has 0 radical (unpaired) electrons. The van der Waals surface area contributed by atoms with E-state index in [0.717, 1.165) is 23.7 Å². The third kappa shape index (κ3) is 8.86. The van der Waals surface area contributed by atoms with Crippen LogP contribution in [0.3, 0.4) is 0 Å². The molecule has 8 rings (SSSR count). The van der Waals surface area contributed by atoms with Gasteiger partial charge in [-0.05, 0) is 49.1 Å². The van der Waals surface area contributed by atoms with E-state index in [0.29, 0.717) is 75.5 Å². The lowest BCUT2D eigenvalue weighted by atomic mass is 9.96. The van der Waals surface area contributed by atoms with Gasteiger partial charge in [0.25, 0.3) is 0 Å². The molecule has 0 bridgehead atoms. The normalized spacial score (nSPS) is 19.1. The largest absolute Gasteiger partial charge is 0.534 e. The van der Waals surface area contributed by atoms with Crippen LogP contribution < -0.4 is 25.0 Å². The molecule has 2 atom stereocenters. The summed E-state index contributed by atoms with van der Waals surface area (Å²) in [6.45, 7) is 6.39. The molecule has 19 heteroatoms. The van der Waals surface area contributed by atoms with Crippen LogP contribution in [-0.2, 0) is 55.0 Å². The Bertz CT molecular complexity index is 2270. The van der Waals surface area contributed by atoms with Crippen LogP contribution in [0.15, 0.2) is 58.1 Å². The van der Waals surface area contributed by atoms with Gasteiger partial charge in [-0.2, -0.15) is 31.6 Å². The number of hydrogen-bond acceptors (Lipinski definition) is 13. The second-order valence-corrected chi connectivity index (χ2v) is 14.6. The summed E-state index contributed by atoms with van der Waals surface area (Å²) < 4.78 is 100. The second-order valence-electron chi connectivity index (χ2n) is 13.0. The lowest BCUT2D eigenvalue weighted by molar-refractivity contribution is -0.102. The van der Waals surface area contributed by atoms with E-state index in [1.54, 1.807) is 4.57 Å². The van der Waals surface area contributed by atoms with Crippen LogP contribution in [0, 0.1) is 6.92 Å². The number of rotatable bonds is 8. The van der Waals surface area contributed by atoms with Crippen molar-refractivity contribution in [2.24, 2.45) is 0 Å². The number of fused-ring (bicyclic) bond motifs is 6. The third-order valence-electron chi connectivity index (χ3n) is 9.17. The molecule has 55 heavy (non-hydrogen) atoms. The van der Waals surface area contributed by atoms with E-state index in [4.69, 9.17) is 28.4 Å². The van der Waals surface area contributed by atoms with Gasteiger partial charge in [0.15, 0.2) is 0 Å². The van der Waals surface area contributed by atoms with Crippen LogP contribution in [0.1, 0.15) is 16.7 Å². The van der Waals surface area contributed by atoms with Gasteiger partial charge in [-0.25, -0.2) is 9.59 Å². The molecule has 0 N–H and O–H groups in total. The SMILES string of the molecule is Cc1ccc2c(c1)CCn1c-2cc(OCC2COCCO2)nc1=O.O=c1nc(OCC2COCCO2)cc2n1CCc1cc(OS(=O)(=O)C(F)(F)F)ccc1-2. The van der Waals surface area contributed by atoms with Crippen LogP contribution >= 0.6 is 0 Å². The highest BCUT2D eigenvalue weighted by Gasteiger charge is 2.48. The van der Waals surface area contributed by atoms with E-state index < -0.39 is 27.1 Å². The Morgan fingerprint density at radius 3 is 1.75 bits per heavy atom. The third-order valence-corrected chi connectivity index (χ3v) is 10.1. The van der Waals surface area contributed by atoms with Gasteiger partial charge in [-0.1, -0.05) is 23.8 Å². The van der Waals surface area contributed by atoms with Gasteiger partial charge in [0.2, 0.25) is 11.8 Å². The number of benzene rings is 2. The molecule has 4 aliphatic heterocycles. The molecular formula is C36H37F3N4O11S. The predicted octanol–water partition coefficient (Wildman–Crippen LogP) is 3.06. The first-order valence-corrected chi connectivity index (χ1v) is 18.9. The van der Waals surface area contributed by atoms with Crippen molar-refractivity contribution in [3.8, 4) is 40.0 Å². The van der Waals surface area contributed by atoms with Gasteiger partial charge in [0.1, 0.15) is 31.2 Å². The molecule has 4 aromatic rings. The number of aromatic nitrogens is 4. The van der Waals surface area contributed by atoms with Crippen molar-refractivity contribution in [3.63, 3.8) is 0 Å². The van der Waals surface area contributed by atoms with Gasteiger partial charge < -0.3 is 32.6 Å². The van der Waals surface area contributed by atoms with Gasteiger partial charge in [-0.3, -0.25) is 9.13 Å². The van der Waals surface area contributed by atoms with Gasteiger partial charge in [0, 0.05) is 36.3 Å². The van der Waals surface area contributed by atoms with Crippen LogP contribution in [0.4, 0.5) is 13.2 Å². The molecule has 2 aromatic heterocycles. The Labute approximate surface area is 312 Å². The molecule has 0 amide bonds. The molecule has 2 aromatic carbocycles. The smallest absolute Gasteiger partial charge is 0.475 e. The Morgan fingerprint density at radius 1 is 0.745 bits per heavy atom.